The molecule has 2 nitrogen and oxygen atoms in total. The normalized spacial score (nSPS) is 15.2. The standard InChI is InChI=1S/C12H15BrN2S/c1-4-9(8(3)13)11-10-5-7(2)16-12(10)15-6-14-11/h5-6,8-9H,4H2,1-3H3. The Balaban J connectivity index is 2.58. The van der Waals surface area contributed by atoms with E-state index in [1.54, 1.807) is 17.7 Å². The van der Waals surface area contributed by atoms with E-state index in [0.717, 1.165) is 11.3 Å². The Hall–Kier alpha value is -0.480. The van der Waals surface area contributed by atoms with Crippen LogP contribution in [-0.2, 0) is 0 Å². The van der Waals surface area contributed by atoms with Crippen molar-refractivity contribution in [1.82, 2.24) is 9.97 Å². The third-order valence-corrected chi connectivity index (χ3v) is 4.43. The molecule has 4 heteroatoms. The van der Waals surface area contributed by atoms with E-state index >= 15 is 0 Å². The quantitative estimate of drug-likeness (QED) is 0.791. The zero-order chi connectivity index (χ0) is 11.7. The number of rotatable bonds is 3. The zero-order valence-electron chi connectivity index (χ0n) is 9.70. The van der Waals surface area contributed by atoms with Crippen molar-refractivity contribution in [2.45, 2.75) is 37.9 Å². The smallest absolute Gasteiger partial charge is 0.127 e. The first-order valence-corrected chi connectivity index (χ1v) is 7.21. The molecule has 0 aliphatic heterocycles. The second kappa shape index (κ2) is 4.80. The van der Waals surface area contributed by atoms with E-state index in [2.05, 4.69) is 52.7 Å². The van der Waals surface area contributed by atoms with Crippen molar-refractivity contribution in [2.75, 3.05) is 0 Å². The molecule has 0 aromatic carbocycles. The number of halogens is 1. The molecular formula is C12H15BrN2S. The van der Waals surface area contributed by atoms with Gasteiger partial charge in [0, 0.05) is 21.0 Å². The fourth-order valence-electron chi connectivity index (χ4n) is 2.03. The Morgan fingerprint density at radius 1 is 1.44 bits per heavy atom. The third-order valence-electron chi connectivity index (χ3n) is 2.83. The van der Waals surface area contributed by atoms with Crippen LogP contribution >= 0.6 is 27.3 Å². The van der Waals surface area contributed by atoms with Gasteiger partial charge in [-0.15, -0.1) is 11.3 Å². The summed E-state index contributed by atoms with van der Waals surface area (Å²) < 4.78 is 0. The Bertz CT molecular complexity index is 493. The number of nitrogens with zero attached hydrogens (tertiary/aromatic N) is 2. The SMILES string of the molecule is CCC(c1ncnc2sc(C)cc12)C(C)Br. The van der Waals surface area contributed by atoms with Crippen LogP contribution in [0.5, 0.6) is 0 Å². The van der Waals surface area contributed by atoms with Gasteiger partial charge >= 0.3 is 0 Å². The molecule has 2 heterocycles. The van der Waals surface area contributed by atoms with Crippen LogP contribution in [0.3, 0.4) is 0 Å². The minimum absolute atomic E-state index is 0.441. The molecule has 0 amide bonds. The van der Waals surface area contributed by atoms with Gasteiger partial charge in [0.25, 0.3) is 0 Å². The average Bonchev–Trinajstić information content (AvgIpc) is 2.59. The van der Waals surface area contributed by atoms with E-state index in [4.69, 9.17) is 0 Å². The van der Waals surface area contributed by atoms with E-state index in [9.17, 15) is 0 Å². The summed E-state index contributed by atoms with van der Waals surface area (Å²) in [6.07, 6.45) is 2.78. The van der Waals surface area contributed by atoms with Gasteiger partial charge in [-0.2, -0.15) is 0 Å². The first kappa shape index (κ1) is 12.0. The molecular weight excluding hydrogens is 284 g/mol. The summed E-state index contributed by atoms with van der Waals surface area (Å²) in [5.74, 6) is 0.458. The molecule has 0 aliphatic carbocycles. The van der Waals surface area contributed by atoms with Crippen LogP contribution in [0.15, 0.2) is 12.4 Å². The minimum atomic E-state index is 0.441. The minimum Gasteiger partial charge on any atom is -0.240 e. The van der Waals surface area contributed by atoms with Gasteiger partial charge in [-0.3, -0.25) is 0 Å². The van der Waals surface area contributed by atoms with Gasteiger partial charge in [-0.25, -0.2) is 9.97 Å². The van der Waals surface area contributed by atoms with Crippen molar-refractivity contribution in [3.05, 3.63) is 23.0 Å². The third kappa shape index (κ3) is 2.13. The van der Waals surface area contributed by atoms with Crippen molar-refractivity contribution in [3.8, 4) is 0 Å². The second-order valence-electron chi connectivity index (χ2n) is 4.03. The van der Waals surface area contributed by atoms with Gasteiger partial charge < -0.3 is 0 Å². The Kier molecular flexibility index (Phi) is 3.60. The largest absolute Gasteiger partial charge is 0.240 e. The maximum atomic E-state index is 4.48. The first-order valence-electron chi connectivity index (χ1n) is 5.48. The summed E-state index contributed by atoms with van der Waals surface area (Å²) in [5.41, 5.74) is 1.18. The highest BCUT2D eigenvalue weighted by molar-refractivity contribution is 9.09. The molecule has 0 bridgehead atoms. The molecule has 16 heavy (non-hydrogen) atoms. The van der Waals surface area contributed by atoms with Gasteiger partial charge in [0.05, 0.1) is 5.69 Å². The topological polar surface area (TPSA) is 25.8 Å². The van der Waals surface area contributed by atoms with Crippen molar-refractivity contribution in [1.29, 1.82) is 0 Å². The highest BCUT2D eigenvalue weighted by Crippen LogP contribution is 2.33. The van der Waals surface area contributed by atoms with Crippen LogP contribution in [0.1, 0.15) is 36.8 Å². The van der Waals surface area contributed by atoms with Crippen LogP contribution in [-0.4, -0.2) is 14.8 Å². The number of fused-ring (bicyclic) bond motifs is 1. The number of aryl methyl sites for hydroxylation is 1. The molecule has 2 aromatic heterocycles. The summed E-state index contributed by atoms with van der Waals surface area (Å²) in [5, 5.41) is 1.23. The van der Waals surface area contributed by atoms with E-state index in [-0.39, 0.29) is 0 Å². The van der Waals surface area contributed by atoms with Crippen molar-refractivity contribution >= 4 is 37.5 Å². The lowest BCUT2D eigenvalue weighted by molar-refractivity contribution is 0.648. The molecule has 0 aliphatic rings. The highest BCUT2D eigenvalue weighted by Gasteiger charge is 2.20. The van der Waals surface area contributed by atoms with Gasteiger partial charge in [-0.1, -0.05) is 29.8 Å². The summed E-state index contributed by atoms with van der Waals surface area (Å²) in [6, 6.07) is 2.20. The predicted octanol–water partition coefficient (Wildman–Crippen LogP) is 4.28. The Morgan fingerprint density at radius 2 is 2.19 bits per heavy atom. The van der Waals surface area contributed by atoms with E-state index < -0.39 is 0 Å². The van der Waals surface area contributed by atoms with E-state index in [1.165, 1.54) is 16.0 Å². The second-order valence-corrected chi connectivity index (χ2v) is 6.71. The number of alkyl halides is 1. The lowest BCUT2D eigenvalue weighted by Gasteiger charge is -2.17. The first-order chi connectivity index (χ1) is 7.63. The Morgan fingerprint density at radius 3 is 2.81 bits per heavy atom. The lowest BCUT2D eigenvalue weighted by atomic mass is 9.97. The molecule has 0 N–H and O–H groups in total. The van der Waals surface area contributed by atoms with Crippen LogP contribution < -0.4 is 0 Å². The van der Waals surface area contributed by atoms with Gasteiger partial charge in [-0.05, 0) is 19.4 Å². The summed E-state index contributed by atoms with van der Waals surface area (Å²) in [4.78, 5) is 11.7. The molecule has 2 rings (SSSR count). The molecule has 2 unspecified atom stereocenters. The molecule has 0 fully saturated rings. The average molecular weight is 299 g/mol. The lowest BCUT2D eigenvalue weighted by Crippen LogP contribution is -2.10. The monoisotopic (exact) mass is 298 g/mol. The van der Waals surface area contributed by atoms with Crippen molar-refractivity contribution in [2.24, 2.45) is 0 Å². The molecule has 0 radical (unpaired) electrons. The summed E-state index contributed by atoms with van der Waals surface area (Å²) in [7, 11) is 0. The van der Waals surface area contributed by atoms with E-state index in [0.29, 0.717) is 10.7 Å². The van der Waals surface area contributed by atoms with E-state index in [1.807, 2.05) is 0 Å². The highest BCUT2D eigenvalue weighted by atomic mass is 79.9. The Labute approximate surface area is 108 Å². The molecule has 0 saturated carbocycles. The molecule has 2 aromatic rings. The molecule has 0 saturated heterocycles. The number of hydrogen-bond acceptors (Lipinski definition) is 3. The van der Waals surface area contributed by atoms with Gasteiger partial charge in [0.15, 0.2) is 0 Å². The van der Waals surface area contributed by atoms with Crippen LogP contribution in [0, 0.1) is 6.92 Å². The van der Waals surface area contributed by atoms with Crippen LogP contribution in [0.2, 0.25) is 0 Å². The maximum Gasteiger partial charge on any atom is 0.127 e. The van der Waals surface area contributed by atoms with Gasteiger partial charge in [0.2, 0.25) is 0 Å². The molecule has 86 valence electrons. The number of thiophene rings is 1. The predicted molar refractivity (Wildman–Crippen MR) is 73.6 cm³/mol. The van der Waals surface area contributed by atoms with Crippen molar-refractivity contribution < 1.29 is 0 Å². The summed E-state index contributed by atoms with van der Waals surface area (Å²) in [6.45, 7) is 6.51. The van der Waals surface area contributed by atoms with Crippen LogP contribution in [0.25, 0.3) is 10.2 Å². The molecule has 0 spiro atoms. The fraction of sp³-hybridized carbons (Fsp3) is 0.500. The van der Waals surface area contributed by atoms with Gasteiger partial charge in [0.1, 0.15) is 11.2 Å². The maximum absolute atomic E-state index is 4.48. The number of hydrogen-bond donors (Lipinski definition) is 0. The molecule has 2 atom stereocenters. The van der Waals surface area contributed by atoms with Crippen molar-refractivity contribution in [3.63, 3.8) is 0 Å². The summed E-state index contributed by atoms with van der Waals surface area (Å²) >= 11 is 5.41. The fourth-order valence-corrected chi connectivity index (χ4v) is 3.50. The number of aromatic nitrogens is 2. The van der Waals surface area contributed by atoms with Crippen LogP contribution in [0.4, 0.5) is 0 Å². The zero-order valence-corrected chi connectivity index (χ0v) is 12.1.